The molecule has 2 aromatic carbocycles. The van der Waals surface area contributed by atoms with E-state index < -0.39 is 0 Å². The molecule has 0 radical (unpaired) electrons. The highest BCUT2D eigenvalue weighted by atomic mass is 79.9. The molecule has 1 saturated carbocycles. The van der Waals surface area contributed by atoms with Gasteiger partial charge in [-0.05, 0) is 48.2 Å². The van der Waals surface area contributed by atoms with E-state index in [2.05, 4.69) is 15.9 Å². The van der Waals surface area contributed by atoms with Crippen molar-refractivity contribution < 1.29 is 18.7 Å². The Labute approximate surface area is 166 Å². The molecule has 27 heavy (non-hydrogen) atoms. The molecule has 0 spiro atoms. The maximum Gasteiger partial charge on any atom is 0.173 e. The van der Waals surface area contributed by atoms with Crippen molar-refractivity contribution in [1.29, 1.82) is 0 Å². The van der Waals surface area contributed by atoms with Crippen LogP contribution in [-0.2, 0) is 20.9 Å². The highest BCUT2D eigenvalue weighted by molar-refractivity contribution is 9.10. The average Bonchev–Trinajstić information content (AvgIpc) is 2.69. The molecule has 1 heterocycles. The average molecular weight is 431 g/mol. The molecule has 3 nitrogen and oxygen atoms in total. The number of ether oxygens (including phenoxy) is 2. The van der Waals surface area contributed by atoms with Crippen LogP contribution in [0.5, 0.6) is 0 Å². The second kappa shape index (κ2) is 7.95. The molecule has 1 aliphatic carbocycles. The van der Waals surface area contributed by atoms with Crippen LogP contribution in [0, 0.1) is 11.7 Å². The van der Waals surface area contributed by atoms with Gasteiger partial charge in [-0.2, -0.15) is 0 Å². The maximum atomic E-state index is 13.0. The molecule has 5 heteroatoms. The maximum absolute atomic E-state index is 13.0. The molecule has 2 aliphatic rings. The van der Waals surface area contributed by atoms with E-state index in [9.17, 15) is 9.18 Å². The quantitative estimate of drug-likeness (QED) is 0.661. The first-order valence-electron chi connectivity index (χ1n) is 9.12. The fourth-order valence-electron chi connectivity index (χ4n) is 3.74. The molecule has 0 saturated heterocycles. The summed E-state index contributed by atoms with van der Waals surface area (Å²) in [5, 5.41) is 0. The van der Waals surface area contributed by atoms with Crippen molar-refractivity contribution in [3.8, 4) is 0 Å². The van der Waals surface area contributed by atoms with Crippen LogP contribution >= 0.6 is 15.9 Å². The predicted molar refractivity (Wildman–Crippen MR) is 104 cm³/mol. The Bertz CT molecular complexity index is 845. The third-order valence-corrected chi connectivity index (χ3v) is 5.79. The standard InChI is InChI=1S/C22H20BrFO3/c23-16-5-3-15(4-6-16)20-13-27-21-11-18(9-10-19(21)22(20)25)26-12-14-1-7-17(24)8-2-14/h1-8,13,18-19,21H,9-12H2. The van der Waals surface area contributed by atoms with Crippen molar-refractivity contribution in [2.24, 2.45) is 5.92 Å². The van der Waals surface area contributed by atoms with E-state index in [0.29, 0.717) is 18.6 Å². The first kappa shape index (κ1) is 18.4. The van der Waals surface area contributed by atoms with Crippen molar-refractivity contribution in [3.63, 3.8) is 0 Å². The van der Waals surface area contributed by atoms with Crippen LogP contribution < -0.4 is 0 Å². The van der Waals surface area contributed by atoms with Gasteiger partial charge in [-0.15, -0.1) is 0 Å². The van der Waals surface area contributed by atoms with Gasteiger partial charge in [0.25, 0.3) is 0 Å². The summed E-state index contributed by atoms with van der Waals surface area (Å²) < 4.78 is 25.9. The lowest BCUT2D eigenvalue weighted by Gasteiger charge is -2.37. The van der Waals surface area contributed by atoms with E-state index in [-0.39, 0.29) is 29.7 Å². The largest absolute Gasteiger partial charge is 0.496 e. The number of benzene rings is 2. The lowest BCUT2D eigenvalue weighted by atomic mass is 9.78. The first-order chi connectivity index (χ1) is 13.1. The topological polar surface area (TPSA) is 35.5 Å². The molecule has 3 atom stereocenters. The van der Waals surface area contributed by atoms with Gasteiger partial charge in [-0.25, -0.2) is 4.39 Å². The molecule has 3 unspecified atom stereocenters. The molecular weight excluding hydrogens is 411 g/mol. The number of hydrogen-bond donors (Lipinski definition) is 0. The number of rotatable bonds is 4. The third-order valence-electron chi connectivity index (χ3n) is 5.26. The predicted octanol–water partition coefficient (Wildman–Crippen LogP) is 5.28. The zero-order valence-corrected chi connectivity index (χ0v) is 16.3. The number of Topliss-reactive ketones (excluding diaryl/α,β-unsaturated/α-hetero) is 1. The summed E-state index contributed by atoms with van der Waals surface area (Å²) in [7, 11) is 0. The van der Waals surface area contributed by atoms with Crippen LogP contribution in [0.15, 0.2) is 59.3 Å². The molecule has 1 aliphatic heterocycles. The van der Waals surface area contributed by atoms with Crippen molar-refractivity contribution in [2.75, 3.05) is 0 Å². The molecule has 2 aromatic rings. The zero-order chi connectivity index (χ0) is 18.8. The third kappa shape index (κ3) is 4.14. The summed E-state index contributed by atoms with van der Waals surface area (Å²) in [5.41, 5.74) is 2.47. The van der Waals surface area contributed by atoms with Gasteiger partial charge >= 0.3 is 0 Å². The molecular formula is C22H20BrFO3. The molecule has 1 fully saturated rings. The van der Waals surface area contributed by atoms with Gasteiger partial charge in [0, 0.05) is 10.9 Å². The molecule has 0 bridgehead atoms. The Morgan fingerprint density at radius 2 is 1.81 bits per heavy atom. The lowest BCUT2D eigenvalue weighted by molar-refractivity contribution is -0.128. The fraction of sp³-hybridized carbons (Fsp3) is 0.318. The minimum absolute atomic E-state index is 0.0479. The SMILES string of the molecule is O=C1C(c2ccc(Br)cc2)=COC2CC(OCc3ccc(F)cc3)CCC12. The van der Waals surface area contributed by atoms with Gasteiger partial charge in [0.1, 0.15) is 11.9 Å². The van der Waals surface area contributed by atoms with E-state index in [1.807, 2.05) is 24.3 Å². The van der Waals surface area contributed by atoms with Gasteiger partial charge in [0.05, 0.1) is 30.5 Å². The van der Waals surface area contributed by atoms with Crippen LogP contribution in [-0.4, -0.2) is 18.0 Å². The number of hydrogen-bond acceptors (Lipinski definition) is 3. The van der Waals surface area contributed by atoms with Crippen LogP contribution in [0.4, 0.5) is 4.39 Å². The Balaban J connectivity index is 1.39. The molecule has 4 rings (SSSR count). The summed E-state index contributed by atoms with van der Waals surface area (Å²) in [6, 6.07) is 14.0. The van der Waals surface area contributed by atoms with Gasteiger partial charge in [0.2, 0.25) is 0 Å². The summed E-state index contributed by atoms with van der Waals surface area (Å²) >= 11 is 3.41. The van der Waals surface area contributed by atoms with Crippen LogP contribution in [0.25, 0.3) is 5.57 Å². The Morgan fingerprint density at radius 3 is 2.56 bits per heavy atom. The van der Waals surface area contributed by atoms with Gasteiger partial charge in [-0.1, -0.05) is 40.2 Å². The van der Waals surface area contributed by atoms with Crippen LogP contribution in [0.1, 0.15) is 30.4 Å². The second-order valence-corrected chi connectivity index (χ2v) is 7.97. The summed E-state index contributed by atoms with van der Waals surface area (Å²) in [4.78, 5) is 12.9. The second-order valence-electron chi connectivity index (χ2n) is 7.06. The number of fused-ring (bicyclic) bond motifs is 1. The highest BCUT2D eigenvalue weighted by Gasteiger charge is 2.40. The minimum Gasteiger partial charge on any atom is -0.496 e. The number of ketones is 1. The number of carbonyl (C=O) groups excluding carboxylic acids is 1. The van der Waals surface area contributed by atoms with Gasteiger partial charge < -0.3 is 9.47 Å². The van der Waals surface area contributed by atoms with E-state index in [1.54, 1.807) is 18.4 Å². The van der Waals surface area contributed by atoms with Gasteiger partial charge in [0.15, 0.2) is 5.78 Å². The van der Waals surface area contributed by atoms with Crippen molar-refractivity contribution >= 4 is 27.3 Å². The summed E-state index contributed by atoms with van der Waals surface area (Å²) in [5.74, 6) is -0.202. The van der Waals surface area contributed by atoms with Gasteiger partial charge in [-0.3, -0.25) is 4.79 Å². The Morgan fingerprint density at radius 1 is 1.07 bits per heavy atom. The highest BCUT2D eigenvalue weighted by Crippen LogP contribution is 2.37. The molecule has 0 aromatic heterocycles. The molecule has 140 valence electrons. The normalized spacial score (nSPS) is 24.7. The van der Waals surface area contributed by atoms with E-state index in [0.717, 1.165) is 28.4 Å². The minimum atomic E-state index is -0.248. The summed E-state index contributed by atoms with van der Waals surface area (Å²) in [6.45, 7) is 0.441. The van der Waals surface area contributed by atoms with E-state index >= 15 is 0 Å². The van der Waals surface area contributed by atoms with Crippen molar-refractivity contribution in [2.45, 2.75) is 38.1 Å². The molecule has 0 amide bonds. The van der Waals surface area contributed by atoms with Crippen LogP contribution in [0.2, 0.25) is 0 Å². The Hall–Kier alpha value is -1.98. The summed E-state index contributed by atoms with van der Waals surface area (Å²) in [6.07, 6.45) is 3.79. The van der Waals surface area contributed by atoms with E-state index in [1.165, 1.54) is 12.1 Å². The molecule has 0 N–H and O–H groups in total. The smallest absolute Gasteiger partial charge is 0.173 e. The van der Waals surface area contributed by atoms with Crippen molar-refractivity contribution in [3.05, 3.63) is 76.2 Å². The Kier molecular flexibility index (Phi) is 5.41. The number of allylic oxidation sites excluding steroid dienone is 1. The number of carbonyl (C=O) groups is 1. The first-order valence-corrected chi connectivity index (χ1v) is 9.91. The lowest BCUT2D eigenvalue weighted by Crippen LogP contribution is -2.41. The number of halogens is 2. The fourth-order valence-corrected chi connectivity index (χ4v) is 4.01. The zero-order valence-electron chi connectivity index (χ0n) is 14.7. The van der Waals surface area contributed by atoms with Crippen LogP contribution in [0.3, 0.4) is 0 Å². The van der Waals surface area contributed by atoms with E-state index in [4.69, 9.17) is 9.47 Å². The monoisotopic (exact) mass is 430 g/mol. The van der Waals surface area contributed by atoms with Crippen molar-refractivity contribution in [1.82, 2.24) is 0 Å².